The van der Waals surface area contributed by atoms with Crippen LogP contribution in [0.2, 0.25) is 0 Å². The normalized spacial score (nSPS) is 19.1. The Morgan fingerprint density at radius 3 is 1.30 bits per heavy atom. The number of ether oxygens (including phenoxy) is 3. The summed E-state index contributed by atoms with van der Waals surface area (Å²) in [6, 6.07) is 0. The fraction of sp³-hybridized carbons (Fsp3) is 0.840. The molecule has 0 saturated heterocycles. The number of hydrogen-bond acceptors (Lipinski definition) is 7. The van der Waals surface area contributed by atoms with E-state index in [-0.39, 0.29) is 12.2 Å². The molecule has 0 aromatic heterocycles. The van der Waals surface area contributed by atoms with Gasteiger partial charge in [0.05, 0.1) is 32.7 Å². The molecular formula is C50H86O7. The molecular weight excluding hydrogens is 713 g/mol. The summed E-state index contributed by atoms with van der Waals surface area (Å²) in [5, 5.41) is 0. The fourth-order valence-electron chi connectivity index (χ4n) is 9.29. The van der Waals surface area contributed by atoms with Crippen LogP contribution in [0.1, 0.15) is 226 Å². The van der Waals surface area contributed by atoms with Crippen molar-refractivity contribution in [1.29, 1.82) is 0 Å². The lowest BCUT2D eigenvalue weighted by Gasteiger charge is -2.37. The van der Waals surface area contributed by atoms with Gasteiger partial charge in [-0.1, -0.05) is 206 Å². The minimum Gasteiger partial charge on any atom is -0.469 e. The van der Waals surface area contributed by atoms with Gasteiger partial charge >= 0.3 is 17.9 Å². The van der Waals surface area contributed by atoms with Gasteiger partial charge < -0.3 is 14.2 Å². The molecule has 0 spiro atoms. The van der Waals surface area contributed by atoms with Crippen LogP contribution in [0.5, 0.6) is 0 Å². The minimum absolute atomic E-state index is 0.0357. The highest BCUT2D eigenvalue weighted by molar-refractivity contribution is 6.22. The second kappa shape index (κ2) is 32.4. The molecule has 2 aliphatic rings. The van der Waals surface area contributed by atoms with Gasteiger partial charge in [-0.25, -0.2) is 4.79 Å². The molecule has 0 fully saturated rings. The molecule has 57 heavy (non-hydrogen) atoms. The Morgan fingerprint density at radius 1 is 0.491 bits per heavy atom. The Balaban J connectivity index is 2.05. The first-order valence-corrected chi connectivity index (χ1v) is 24.2. The first kappa shape index (κ1) is 50.7. The molecule has 0 aliphatic heterocycles. The molecule has 0 heterocycles. The third-order valence-corrected chi connectivity index (χ3v) is 12.7. The standard InChI is InChI=1S/C50H86O7/c1-6-9-12-14-16-18-20-22-24-26-28-30-32-34-36-40-39-42(48(52)57-38-11-8-3)45-44(43(40)49(53)55-4)41(46(47(45)51)50(54)56-5)37-35-33-31-29-27-25-23-21-19-17-15-13-10-7-2/h39,42-45H,6-38H2,1-5H3/t42-,43-,44-,45+/m0/s1. The zero-order chi connectivity index (χ0) is 41.5. The van der Waals surface area contributed by atoms with Gasteiger partial charge in [-0.3, -0.25) is 14.4 Å². The lowest BCUT2D eigenvalue weighted by Crippen LogP contribution is -2.43. The van der Waals surface area contributed by atoms with Crippen molar-refractivity contribution in [2.24, 2.45) is 23.7 Å². The van der Waals surface area contributed by atoms with Crippen LogP contribution in [0, 0.1) is 23.7 Å². The molecule has 2 rings (SSSR count). The van der Waals surface area contributed by atoms with Crippen LogP contribution < -0.4 is 0 Å². The van der Waals surface area contributed by atoms with E-state index in [9.17, 15) is 19.2 Å². The number of hydrogen-bond donors (Lipinski definition) is 0. The summed E-state index contributed by atoms with van der Waals surface area (Å²) in [6.45, 7) is 6.85. The van der Waals surface area contributed by atoms with Crippen molar-refractivity contribution < 1.29 is 33.4 Å². The molecule has 2 aliphatic carbocycles. The highest BCUT2D eigenvalue weighted by Gasteiger charge is 2.57. The summed E-state index contributed by atoms with van der Waals surface area (Å²) in [7, 11) is 2.68. The van der Waals surface area contributed by atoms with Crippen molar-refractivity contribution in [3.05, 3.63) is 22.8 Å². The van der Waals surface area contributed by atoms with E-state index in [2.05, 4.69) is 13.8 Å². The number of carbonyl (C=O) groups is 4. The summed E-state index contributed by atoms with van der Waals surface area (Å²) < 4.78 is 16.3. The van der Waals surface area contributed by atoms with Crippen molar-refractivity contribution in [2.45, 2.75) is 226 Å². The molecule has 4 atom stereocenters. The molecule has 7 heteroatoms. The lowest BCUT2D eigenvalue weighted by molar-refractivity contribution is -0.154. The summed E-state index contributed by atoms with van der Waals surface area (Å²) in [6.07, 6.45) is 39.6. The van der Waals surface area contributed by atoms with E-state index in [1.807, 2.05) is 13.0 Å². The molecule has 0 saturated carbocycles. The van der Waals surface area contributed by atoms with E-state index in [0.717, 1.165) is 56.9 Å². The minimum atomic E-state index is -0.876. The van der Waals surface area contributed by atoms with Crippen LogP contribution >= 0.6 is 0 Å². The highest BCUT2D eigenvalue weighted by atomic mass is 16.5. The number of Topliss-reactive ketones (excluding diaryl/α,β-unsaturated/α-hetero) is 1. The third kappa shape index (κ3) is 19.0. The van der Waals surface area contributed by atoms with Crippen LogP contribution in [0.3, 0.4) is 0 Å². The molecule has 0 aromatic rings. The van der Waals surface area contributed by atoms with Crippen molar-refractivity contribution in [2.75, 3.05) is 20.8 Å². The Bertz CT molecular complexity index is 1190. The number of ketones is 1. The number of carbonyl (C=O) groups excluding carboxylic acids is 4. The number of unbranched alkanes of at least 4 members (excludes halogenated alkanes) is 27. The van der Waals surface area contributed by atoms with Gasteiger partial charge in [0.25, 0.3) is 0 Å². The molecule has 0 bridgehead atoms. The maximum Gasteiger partial charge on any atom is 0.341 e. The number of rotatable bonds is 36. The van der Waals surface area contributed by atoms with Gasteiger partial charge in [0, 0.05) is 11.8 Å². The Hall–Kier alpha value is -2.44. The largest absolute Gasteiger partial charge is 0.469 e. The van der Waals surface area contributed by atoms with Gasteiger partial charge in [-0.05, 0) is 37.7 Å². The monoisotopic (exact) mass is 799 g/mol. The van der Waals surface area contributed by atoms with Crippen LogP contribution in [0.15, 0.2) is 22.8 Å². The van der Waals surface area contributed by atoms with E-state index in [4.69, 9.17) is 14.2 Å². The van der Waals surface area contributed by atoms with Crippen LogP contribution in [-0.2, 0) is 33.4 Å². The van der Waals surface area contributed by atoms with Crippen LogP contribution in [0.25, 0.3) is 0 Å². The number of methoxy groups -OCH3 is 2. The van der Waals surface area contributed by atoms with E-state index in [1.54, 1.807) is 0 Å². The number of allylic oxidation sites excluding steroid dienone is 1. The van der Waals surface area contributed by atoms with Crippen LogP contribution in [0.4, 0.5) is 0 Å². The predicted octanol–water partition coefficient (Wildman–Crippen LogP) is 13.7. The second-order valence-corrected chi connectivity index (χ2v) is 17.3. The Labute approximate surface area is 349 Å². The second-order valence-electron chi connectivity index (χ2n) is 17.3. The molecule has 328 valence electrons. The van der Waals surface area contributed by atoms with Crippen molar-refractivity contribution >= 4 is 23.7 Å². The summed E-state index contributed by atoms with van der Waals surface area (Å²) >= 11 is 0. The molecule has 0 N–H and O–H groups in total. The molecule has 0 amide bonds. The maximum atomic E-state index is 14.3. The molecule has 0 aromatic carbocycles. The highest BCUT2D eigenvalue weighted by Crippen LogP contribution is 2.52. The smallest absolute Gasteiger partial charge is 0.341 e. The van der Waals surface area contributed by atoms with E-state index in [0.29, 0.717) is 18.4 Å². The SMILES string of the molecule is CCCCCCCCCCCCCCCCC1=C[C@H](C(=O)OCCCC)[C@H]2C(=O)C(C(=O)OC)=C(CCCCCCCCCCCCCCCC)[C@H]2[C@H]1C(=O)OC. The topological polar surface area (TPSA) is 96.0 Å². The maximum absolute atomic E-state index is 14.3. The fourth-order valence-corrected chi connectivity index (χ4v) is 9.29. The zero-order valence-corrected chi connectivity index (χ0v) is 37.6. The van der Waals surface area contributed by atoms with Gasteiger partial charge in [0.1, 0.15) is 5.57 Å². The summed E-state index contributed by atoms with van der Waals surface area (Å²) in [4.78, 5) is 55.0. The summed E-state index contributed by atoms with van der Waals surface area (Å²) in [5.41, 5.74) is 1.55. The molecule has 0 unspecified atom stereocenters. The van der Waals surface area contributed by atoms with Gasteiger partial charge in [0.2, 0.25) is 0 Å². The van der Waals surface area contributed by atoms with Crippen LogP contribution in [-0.4, -0.2) is 44.5 Å². The first-order chi connectivity index (χ1) is 27.9. The number of esters is 3. The molecule has 7 nitrogen and oxygen atoms in total. The Kier molecular flexibility index (Phi) is 28.8. The number of fused-ring (bicyclic) bond motifs is 1. The predicted molar refractivity (Wildman–Crippen MR) is 234 cm³/mol. The zero-order valence-electron chi connectivity index (χ0n) is 37.6. The average Bonchev–Trinajstić information content (AvgIpc) is 3.50. The van der Waals surface area contributed by atoms with Gasteiger partial charge in [-0.2, -0.15) is 0 Å². The average molecular weight is 799 g/mol. The van der Waals surface area contributed by atoms with Crippen molar-refractivity contribution in [3.63, 3.8) is 0 Å². The first-order valence-electron chi connectivity index (χ1n) is 24.2. The van der Waals surface area contributed by atoms with Crippen molar-refractivity contribution in [1.82, 2.24) is 0 Å². The van der Waals surface area contributed by atoms with Gasteiger partial charge in [-0.15, -0.1) is 0 Å². The third-order valence-electron chi connectivity index (χ3n) is 12.7. The van der Waals surface area contributed by atoms with Crippen molar-refractivity contribution in [3.8, 4) is 0 Å². The van der Waals surface area contributed by atoms with E-state index >= 15 is 0 Å². The molecule has 0 radical (unpaired) electrons. The van der Waals surface area contributed by atoms with Gasteiger partial charge in [0.15, 0.2) is 5.78 Å². The summed E-state index contributed by atoms with van der Waals surface area (Å²) in [5.74, 6) is -4.98. The van der Waals surface area contributed by atoms with E-state index < -0.39 is 47.4 Å². The lowest BCUT2D eigenvalue weighted by atomic mass is 9.65. The van der Waals surface area contributed by atoms with E-state index in [1.165, 1.54) is 155 Å². The Morgan fingerprint density at radius 2 is 0.895 bits per heavy atom. The quantitative estimate of drug-likeness (QED) is 0.0205.